The number of alkyl halides is 2. The quantitative estimate of drug-likeness (QED) is 0.568. The van der Waals surface area contributed by atoms with E-state index in [4.69, 9.17) is 0 Å². The summed E-state index contributed by atoms with van der Waals surface area (Å²) in [6, 6.07) is 10.5. The maximum absolute atomic E-state index is 12.9. The summed E-state index contributed by atoms with van der Waals surface area (Å²) in [4.78, 5) is 12.0. The fourth-order valence-corrected chi connectivity index (χ4v) is 2.66. The number of H-pyrrole nitrogens is 1. The molecule has 0 atom stereocenters. The highest BCUT2D eigenvalue weighted by Crippen LogP contribution is 2.30. The molecule has 26 heavy (non-hydrogen) atoms. The summed E-state index contributed by atoms with van der Waals surface area (Å²) >= 11 is 0. The molecule has 0 radical (unpaired) electrons. The first kappa shape index (κ1) is 16.1. The smallest absolute Gasteiger partial charge is 0.280 e. The van der Waals surface area contributed by atoms with Gasteiger partial charge < -0.3 is 5.32 Å². The Labute approximate surface area is 147 Å². The fraction of sp³-hybridized carbons (Fsp3) is 0.111. The number of nitrogens with one attached hydrogen (secondary N) is 2. The standard InChI is InChI=1S/C18H14F2N6/c19-18(20)15-8-11(4-7-21-15)17-13-9-12(2-3-14(13)25-26-17)24-10-16-22-5-1-6-23-16/h1-9,18,24H,10H2,(H,25,26). The van der Waals surface area contributed by atoms with Crippen LogP contribution in [0, 0.1) is 0 Å². The Balaban J connectivity index is 1.65. The van der Waals surface area contributed by atoms with E-state index < -0.39 is 6.43 Å². The van der Waals surface area contributed by atoms with Crippen molar-refractivity contribution in [1.29, 1.82) is 0 Å². The predicted octanol–water partition coefficient (Wildman–Crippen LogP) is 3.96. The Bertz CT molecular complexity index is 1030. The topological polar surface area (TPSA) is 79.4 Å². The molecule has 0 aliphatic heterocycles. The second kappa shape index (κ2) is 6.83. The first-order valence-electron chi connectivity index (χ1n) is 7.93. The molecule has 0 spiro atoms. The number of fused-ring (bicyclic) bond motifs is 1. The van der Waals surface area contributed by atoms with Crippen LogP contribution in [0.5, 0.6) is 0 Å². The molecule has 0 saturated carbocycles. The third-order valence-electron chi connectivity index (χ3n) is 3.91. The Kier molecular flexibility index (Phi) is 4.22. The van der Waals surface area contributed by atoms with Gasteiger partial charge >= 0.3 is 0 Å². The zero-order chi connectivity index (χ0) is 17.9. The van der Waals surface area contributed by atoms with Gasteiger partial charge in [0.15, 0.2) is 0 Å². The Hall–Kier alpha value is -3.42. The van der Waals surface area contributed by atoms with E-state index in [2.05, 4.69) is 30.5 Å². The first-order valence-corrected chi connectivity index (χ1v) is 7.93. The molecule has 6 nitrogen and oxygen atoms in total. The molecule has 0 bridgehead atoms. The molecule has 8 heteroatoms. The van der Waals surface area contributed by atoms with Crippen LogP contribution in [0.15, 0.2) is 55.0 Å². The van der Waals surface area contributed by atoms with E-state index in [1.807, 2.05) is 18.2 Å². The average molecular weight is 352 g/mol. The summed E-state index contributed by atoms with van der Waals surface area (Å²) in [6.07, 6.45) is 2.12. The van der Waals surface area contributed by atoms with Gasteiger partial charge in [-0.1, -0.05) is 0 Å². The molecule has 1 aromatic carbocycles. The van der Waals surface area contributed by atoms with E-state index in [-0.39, 0.29) is 5.69 Å². The second-order valence-electron chi connectivity index (χ2n) is 5.62. The van der Waals surface area contributed by atoms with Crippen LogP contribution in [0.1, 0.15) is 17.9 Å². The van der Waals surface area contributed by atoms with E-state index in [0.29, 0.717) is 23.6 Å². The zero-order valence-electron chi connectivity index (χ0n) is 13.5. The number of benzene rings is 1. The predicted molar refractivity (Wildman–Crippen MR) is 93.6 cm³/mol. The Morgan fingerprint density at radius 3 is 2.65 bits per heavy atom. The molecule has 0 fully saturated rings. The summed E-state index contributed by atoms with van der Waals surface area (Å²) in [5, 5.41) is 11.3. The molecule has 0 aliphatic carbocycles. The maximum Gasteiger partial charge on any atom is 0.280 e. The van der Waals surface area contributed by atoms with Crippen molar-refractivity contribution in [3.8, 4) is 11.3 Å². The van der Waals surface area contributed by atoms with Crippen LogP contribution in [0.4, 0.5) is 14.5 Å². The van der Waals surface area contributed by atoms with Crippen molar-refractivity contribution in [3.05, 3.63) is 66.5 Å². The van der Waals surface area contributed by atoms with E-state index in [0.717, 1.165) is 16.6 Å². The lowest BCUT2D eigenvalue weighted by molar-refractivity contribution is 0.146. The van der Waals surface area contributed by atoms with E-state index in [1.54, 1.807) is 24.5 Å². The van der Waals surface area contributed by atoms with Gasteiger partial charge in [-0.15, -0.1) is 0 Å². The monoisotopic (exact) mass is 352 g/mol. The van der Waals surface area contributed by atoms with Crippen molar-refractivity contribution >= 4 is 16.6 Å². The number of hydrogen-bond donors (Lipinski definition) is 2. The van der Waals surface area contributed by atoms with Crippen LogP contribution in [0.3, 0.4) is 0 Å². The van der Waals surface area contributed by atoms with Gasteiger partial charge in [-0.25, -0.2) is 18.7 Å². The van der Waals surface area contributed by atoms with E-state index >= 15 is 0 Å². The van der Waals surface area contributed by atoms with Crippen molar-refractivity contribution in [3.63, 3.8) is 0 Å². The number of anilines is 1. The van der Waals surface area contributed by atoms with Gasteiger partial charge in [-0.2, -0.15) is 5.10 Å². The van der Waals surface area contributed by atoms with Crippen molar-refractivity contribution in [2.24, 2.45) is 0 Å². The maximum atomic E-state index is 12.9. The number of halogens is 2. The average Bonchev–Trinajstić information content (AvgIpc) is 3.10. The molecule has 0 unspecified atom stereocenters. The molecule has 0 aliphatic rings. The molecule has 2 N–H and O–H groups in total. The van der Waals surface area contributed by atoms with Crippen LogP contribution in [0.2, 0.25) is 0 Å². The lowest BCUT2D eigenvalue weighted by atomic mass is 10.1. The second-order valence-corrected chi connectivity index (χ2v) is 5.62. The van der Waals surface area contributed by atoms with Crippen LogP contribution >= 0.6 is 0 Å². The van der Waals surface area contributed by atoms with Crippen molar-refractivity contribution in [2.75, 3.05) is 5.32 Å². The number of rotatable bonds is 5. The van der Waals surface area contributed by atoms with Gasteiger partial charge in [0.05, 0.1) is 12.1 Å². The van der Waals surface area contributed by atoms with Gasteiger partial charge in [0, 0.05) is 35.2 Å². The number of pyridine rings is 1. The van der Waals surface area contributed by atoms with Crippen LogP contribution in [-0.2, 0) is 6.54 Å². The van der Waals surface area contributed by atoms with E-state index in [9.17, 15) is 8.78 Å². The lowest BCUT2D eigenvalue weighted by Crippen LogP contribution is -2.03. The van der Waals surface area contributed by atoms with Crippen LogP contribution < -0.4 is 5.32 Å². The minimum Gasteiger partial charge on any atom is -0.378 e. The molecule has 4 aromatic rings. The van der Waals surface area contributed by atoms with Crippen LogP contribution in [-0.4, -0.2) is 25.1 Å². The largest absolute Gasteiger partial charge is 0.378 e. The third-order valence-corrected chi connectivity index (χ3v) is 3.91. The summed E-state index contributed by atoms with van der Waals surface area (Å²) in [7, 11) is 0. The highest BCUT2D eigenvalue weighted by Gasteiger charge is 2.13. The molecule has 130 valence electrons. The molecule has 3 aromatic heterocycles. The van der Waals surface area contributed by atoms with E-state index in [1.165, 1.54) is 12.3 Å². The van der Waals surface area contributed by atoms with Crippen LogP contribution in [0.25, 0.3) is 22.2 Å². The number of hydrogen-bond acceptors (Lipinski definition) is 5. The number of aromatic nitrogens is 5. The third kappa shape index (κ3) is 3.21. The normalized spacial score (nSPS) is 11.2. The fourth-order valence-electron chi connectivity index (χ4n) is 2.66. The van der Waals surface area contributed by atoms with Gasteiger partial charge in [0.25, 0.3) is 6.43 Å². The molecular weight excluding hydrogens is 338 g/mol. The minimum atomic E-state index is -2.62. The van der Waals surface area contributed by atoms with Crippen molar-refractivity contribution in [2.45, 2.75) is 13.0 Å². The molecule has 4 rings (SSSR count). The Morgan fingerprint density at radius 2 is 1.85 bits per heavy atom. The lowest BCUT2D eigenvalue weighted by Gasteiger charge is -2.06. The van der Waals surface area contributed by atoms with Gasteiger partial charge in [-0.3, -0.25) is 10.1 Å². The molecule has 0 amide bonds. The van der Waals surface area contributed by atoms with Gasteiger partial charge in [-0.05, 0) is 36.4 Å². The SMILES string of the molecule is FC(F)c1cc(-c2n[nH]c3ccc(NCc4ncccn4)cc23)ccn1. The summed E-state index contributed by atoms with van der Waals surface area (Å²) in [5.41, 5.74) is 2.59. The van der Waals surface area contributed by atoms with Gasteiger partial charge in [0.1, 0.15) is 17.2 Å². The molecular formula is C18H14F2N6. The first-order chi connectivity index (χ1) is 12.7. The number of aromatic amines is 1. The zero-order valence-corrected chi connectivity index (χ0v) is 13.5. The highest BCUT2D eigenvalue weighted by molar-refractivity contribution is 5.94. The van der Waals surface area contributed by atoms with Gasteiger partial charge in [0.2, 0.25) is 0 Å². The molecule has 3 heterocycles. The minimum absolute atomic E-state index is 0.269. The summed E-state index contributed by atoms with van der Waals surface area (Å²) in [6.45, 7) is 0.477. The number of nitrogens with zero attached hydrogens (tertiary/aromatic N) is 4. The van der Waals surface area contributed by atoms with Crippen molar-refractivity contribution < 1.29 is 8.78 Å². The Morgan fingerprint density at radius 1 is 1.00 bits per heavy atom. The highest BCUT2D eigenvalue weighted by atomic mass is 19.3. The summed E-state index contributed by atoms with van der Waals surface area (Å²) < 4.78 is 25.8. The van der Waals surface area contributed by atoms with Crippen molar-refractivity contribution in [1.82, 2.24) is 25.1 Å². The summed E-state index contributed by atoms with van der Waals surface area (Å²) in [5.74, 6) is 0.677. The molecule has 0 saturated heterocycles.